The third-order valence-electron chi connectivity index (χ3n) is 4.52. The van der Waals surface area contributed by atoms with E-state index in [1.54, 1.807) is 0 Å². The van der Waals surface area contributed by atoms with Gasteiger partial charge in [0.15, 0.2) is 0 Å². The molecule has 2 saturated carbocycles. The highest BCUT2D eigenvalue weighted by atomic mass is 16.3. The average molecular weight is 253 g/mol. The van der Waals surface area contributed by atoms with Crippen LogP contribution in [0.5, 0.6) is 0 Å². The summed E-state index contributed by atoms with van der Waals surface area (Å²) in [5, 5.41) is 12.9. The molecule has 1 amide bonds. The Balaban J connectivity index is 1.73. The molecule has 0 aromatic heterocycles. The summed E-state index contributed by atoms with van der Waals surface area (Å²) in [4.78, 5) is 12.0. The zero-order chi connectivity index (χ0) is 12.8. The van der Waals surface area contributed by atoms with Gasteiger partial charge in [-0.25, -0.2) is 0 Å². The van der Waals surface area contributed by atoms with Gasteiger partial charge in [-0.05, 0) is 31.6 Å². The van der Waals surface area contributed by atoms with Crippen LogP contribution in [0.3, 0.4) is 0 Å². The quantitative estimate of drug-likeness (QED) is 0.760. The van der Waals surface area contributed by atoms with E-state index in [1.807, 2.05) is 0 Å². The van der Waals surface area contributed by atoms with Crippen molar-refractivity contribution in [2.75, 3.05) is 0 Å². The van der Waals surface area contributed by atoms with Gasteiger partial charge in [-0.15, -0.1) is 0 Å². The minimum absolute atomic E-state index is 0.0111. The van der Waals surface area contributed by atoms with Gasteiger partial charge in [0, 0.05) is 6.42 Å². The van der Waals surface area contributed by atoms with Crippen LogP contribution in [0.25, 0.3) is 0 Å². The first-order valence-corrected chi connectivity index (χ1v) is 7.73. The SMILES string of the molecule is O=C(CC1CCCCCC1)N[C@H]1CCCC[C@@H]1O. The van der Waals surface area contributed by atoms with Crippen LogP contribution >= 0.6 is 0 Å². The monoisotopic (exact) mass is 253 g/mol. The number of aliphatic hydroxyl groups excluding tert-OH is 1. The number of nitrogens with one attached hydrogen (secondary N) is 1. The maximum atomic E-state index is 12.0. The Hall–Kier alpha value is -0.570. The summed E-state index contributed by atoms with van der Waals surface area (Å²) in [6, 6.07) is 0.0111. The number of hydrogen-bond donors (Lipinski definition) is 2. The van der Waals surface area contributed by atoms with Gasteiger partial charge < -0.3 is 10.4 Å². The van der Waals surface area contributed by atoms with Gasteiger partial charge >= 0.3 is 0 Å². The van der Waals surface area contributed by atoms with E-state index in [0.29, 0.717) is 12.3 Å². The highest BCUT2D eigenvalue weighted by molar-refractivity contribution is 5.76. The molecule has 2 fully saturated rings. The van der Waals surface area contributed by atoms with Gasteiger partial charge in [0.25, 0.3) is 0 Å². The number of carbonyl (C=O) groups is 1. The van der Waals surface area contributed by atoms with E-state index in [-0.39, 0.29) is 18.1 Å². The summed E-state index contributed by atoms with van der Waals surface area (Å²) < 4.78 is 0. The molecule has 3 nitrogen and oxygen atoms in total. The molecular formula is C15H27NO2. The molecule has 0 saturated heterocycles. The first-order chi connectivity index (χ1) is 8.75. The lowest BCUT2D eigenvalue weighted by atomic mass is 9.91. The van der Waals surface area contributed by atoms with Crippen molar-refractivity contribution >= 4 is 5.91 Å². The van der Waals surface area contributed by atoms with Gasteiger partial charge in [-0.3, -0.25) is 4.79 Å². The second-order valence-electron chi connectivity index (χ2n) is 6.09. The van der Waals surface area contributed by atoms with Crippen molar-refractivity contribution in [3.05, 3.63) is 0 Å². The summed E-state index contributed by atoms with van der Waals surface area (Å²) in [5.74, 6) is 0.737. The maximum absolute atomic E-state index is 12.0. The minimum Gasteiger partial charge on any atom is -0.391 e. The lowest BCUT2D eigenvalue weighted by Gasteiger charge is -2.29. The lowest BCUT2D eigenvalue weighted by Crippen LogP contribution is -2.45. The Morgan fingerprint density at radius 1 is 0.944 bits per heavy atom. The Kier molecular flexibility index (Phi) is 5.48. The lowest BCUT2D eigenvalue weighted by molar-refractivity contribution is -0.124. The van der Waals surface area contributed by atoms with Crippen LogP contribution in [0, 0.1) is 5.92 Å². The molecule has 0 aliphatic heterocycles. The van der Waals surface area contributed by atoms with Crippen LogP contribution < -0.4 is 5.32 Å². The third-order valence-corrected chi connectivity index (χ3v) is 4.52. The molecule has 18 heavy (non-hydrogen) atoms. The van der Waals surface area contributed by atoms with Gasteiger partial charge in [0.2, 0.25) is 5.91 Å². The predicted molar refractivity (Wildman–Crippen MR) is 72.2 cm³/mol. The normalized spacial score (nSPS) is 30.7. The maximum Gasteiger partial charge on any atom is 0.220 e. The van der Waals surface area contributed by atoms with Crippen molar-refractivity contribution in [2.45, 2.75) is 82.8 Å². The summed E-state index contributed by atoms with van der Waals surface area (Å²) in [6.45, 7) is 0. The molecule has 0 aromatic carbocycles. The summed E-state index contributed by atoms with van der Waals surface area (Å²) in [5.41, 5.74) is 0. The van der Waals surface area contributed by atoms with Crippen molar-refractivity contribution in [1.82, 2.24) is 5.32 Å². The number of amides is 1. The predicted octanol–water partition coefficient (Wildman–Crippen LogP) is 2.77. The van der Waals surface area contributed by atoms with Crippen molar-refractivity contribution in [3.8, 4) is 0 Å². The largest absolute Gasteiger partial charge is 0.391 e. The minimum atomic E-state index is -0.322. The van der Waals surface area contributed by atoms with Crippen LogP contribution in [0.4, 0.5) is 0 Å². The molecule has 2 aliphatic rings. The van der Waals surface area contributed by atoms with E-state index in [0.717, 1.165) is 25.7 Å². The molecule has 2 atom stereocenters. The molecule has 104 valence electrons. The molecule has 3 heteroatoms. The van der Waals surface area contributed by atoms with E-state index < -0.39 is 0 Å². The number of rotatable bonds is 3. The highest BCUT2D eigenvalue weighted by Gasteiger charge is 2.25. The Morgan fingerprint density at radius 2 is 1.56 bits per heavy atom. The van der Waals surface area contributed by atoms with Crippen molar-refractivity contribution in [3.63, 3.8) is 0 Å². The van der Waals surface area contributed by atoms with Crippen molar-refractivity contribution < 1.29 is 9.90 Å². The first-order valence-electron chi connectivity index (χ1n) is 7.73. The van der Waals surface area contributed by atoms with Crippen LogP contribution in [0.2, 0.25) is 0 Å². The molecule has 0 bridgehead atoms. The van der Waals surface area contributed by atoms with Gasteiger partial charge in [0.1, 0.15) is 0 Å². The van der Waals surface area contributed by atoms with Crippen LogP contribution in [0.1, 0.15) is 70.6 Å². The fourth-order valence-electron chi connectivity index (χ4n) is 3.38. The molecular weight excluding hydrogens is 226 g/mol. The zero-order valence-corrected chi connectivity index (χ0v) is 11.4. The summed E-state index contributed by atoms with van der Waals surface area (Å²) in [6.07, 6.45) is 12.0. The molecule has 0 aromatic rings. The van der Waals surface area contributed by atoms with E-state index in [1.165, 1.54) is 38.5 Å². The molecule has 0 heterocycles. The van der Waals surface area contributed by atoms with Crippen LogP contribution in [-0.2, 0) is 4.79 Å². The standard InChI is InChI=1S/C15H27NO2/c17-14-10-6-5-9-13(14)16-15(18)11-12-7-3-1-2-4-8-12/h12-14,17H,1-11H2,(H,16,18)/t13-,14-/m0/s1. The van der Waals surface area contributed by atoms with Gasteiger partial charge in [-0.2, -0.15) is 0 Å². The fourth-order valence-corrected chi connectivity index (χ4v) is 3.38. The van der Waals surface area contributed by atoms with Gasteiger partial charge in [-0.1, -0.05) is 38.5 Å². The topological polar surface area (TPSA) is 49.3 Å². The van der Waals surface area contributed by atoms with Gasteiger partial charge in [0.05, 0.1) is 12.1 Å². The molecule has 2 N–H and O–H groups in total. The third kappa shape index (κ3) is 4.27. The Morgan fingerprint density at radius 3 is 2.22 bits per heavy atom. The second kappa shape index (κ2) is 7.13. The van der Waals surface area contributed by atoms with Crippen LogP contribution in [0.15, 0.2) is 0 Å². The number of aliphatic hydroxyl groups is 1. The van der Waals surface area contributed by atoms with Crippen LogP contribution in [-0.4, -0.2) is 23.2 Å². The van der Waals surface area contributed by atoms with Crippen molar-refractivity contribution in [2.24, 2.45) is 5.92 Å². The fraction of sp³-hybridized carbons (Fsp3) is 0.933. The molecule has 2 aliphatic carbocycles. The zero-order valence-electron chi connectivity index (χ0n) is 11.4. The Labute approximate surface area is 110 Å². The first kappa shape index (κ1) is 13.9. The van der Waals surface area contributed by atoms with E-state index in [2.05, 4.69) is 5.32 Å². The number of hydrogen-bond acceptors (Lipinski definition) is 2. The average Bonchev–Trinajstić information content (AvgIpc) is 2.61. The molecule has 0 radical (unpaired) electrons. The van der Waals surface area contributed by atoms with E-state index >= 15 is 0 Å². The molecule has 0 unspecified atom stereocenters. The summed E-state index contributed by atoms with van der Waals surface area (Å²) in [7, 11) is 0. The Bertz CT molecular complexity index is 259. The van der Waals surface area contributed by atoms with E-state index in [4.69, 9.17) is 0 Å². The highest BCUT2D eigenvalue weighted by Crippen LogP contribution is 2.25. The van der Waals surface area contributed by atoms with E-state index in [9.17, 15) is 9.90 Å². The van der Waals surface area contributed by atoms with Crippen molar-refractivity contribution in [1.29, 1.82) is 0 Å². The summed E-state index contributed by atoms with van der Waals surface area (Å²) >= 11 is 0. The number of carbonyl (C=O) groups excluding carboxylic acids is 1. The molecule has 2 rings (SSSR count). The molecule has 0 spiro atoms. The second-order valence-corrected chi connectivity index (χ2v) is 6.09. The smallest absolute Gasteiger partial charge is 0.220 e.